The van der Waals surface area contributed by atoms with Gasteiger partial charge in [-0.05, 0) is 55.9 Å². The van der Waals surface area contributed by atoms with Gasteiger partial charge in [-0.25, -0.2) is 0 Å². The van der Waals surface area contributed by atoms with Crippen molar-refractivity contribution in [2.24, 2.45) is 11.8 Å². The summed E-state index contributed by atoms with van der Waals surface area (Å²) < 4.78 is 5.93. The molecule has 3 rings (SSSR count). The first-order chi connectivity index (χ1) is 10.1. The van der Waals surface area contributed by atoms with Crippen LogP contribution in [-0.2, 0) is 12.0 Å². The average Bonchev–Trinajstić information content (AvgIpc) is 2.46. The topological polar surface area (TPSA) is 29.5 Å². The zero-order chi connectivity index (χ0) is 14.9. The molecular weight excluding hydrogens is 260 g/mol. The molecule has 0 saturated heterocycles. The van der Waals surface area contributed by atoms with Gasteiger partial charge in [-0.3, -0.25) is 0 Å². The molecular formula is C19H28O2. The number of hydrogen-bond acceptors (Lipinski definition) is 2. The second-order valence-corrected chi connectivity index (χ2v) is 7.37. The molecule has 1 N–H and O–H groups in total. The van der Waals surface area contributed by atoms with Gasteiger partial charge in [0, 0.05) is 5.56 Å². The SMILES string of the molecule is CC(C)CC1CCCC(O)(c2cccc3c2OCCC3)C1. The van der Waals surface area contributed by atoms with Crippen LogP contribution in [0.4, 0.5) is 0 Å². The molecule has 1 aromatic carbocycles. The highest BCUT2D eigenvalue weighted by Gasteiger charge is 2.38. The van der Waals surface area contributed by atoms with Crippen molar-refractivity contribution < 1.29 is 9.84 Å². The van der Waals surface area contributed by atoms with Crippen LogP contribution in [0, 0.1) is 11.8 Å². The van der Waals surface area contributed by atoms with Crippen LogP contribution >= 0.6 is 0 Å². The summed E-state index contributed by atoms with van der Waals surface area (Å²) in [5, 5.41) is 11.3. The van der Waals surface area contributed by atoms with Crippen molar-refractivity contribution in [3.8, 4) is 5.75 Å². The smallest absolute Gasteiger partial charge is 0.128 e. The standard InChI is InChI=1S/C19H28O2/c1-14(2)12-15-6-4-10-19(20,13-15)17-9-3-7-16-8-5-11-21-18(16)17/h3,7,9,14-15,20H,4-6,8,10-13H2,1-2H3. The van der Waals surface area contributed by atoms with Gasteiger partial charge < -0.3 is 9.84 Å². The molecule has 116 valence electrons. The fraction of sp³-hybridized carbons (Fsp3) is 0.684. The third-order valence-corrected chi connectivity index (χ3v) is 5.07. The van der Waals surface area contributed by atoms with E-state index in [4.69, 9.17) is 4.74 Å². The minimum Gasteiger partial charge on any atom is -0.493 e. The monoisotopic (exact) mass is 288 g/mol. The van der Waals surface area contributed by atoms with Gasteiger partial charge in [-0.1, -0.05) is 38.5 Å². The number of ether oxygens (including phenoxy) is 1. The van der Waals surface area contributed by atoms with E-state index in [0.717, 1.165) is 50.0 Å². The summed E-state index contributed by atoms with van der Waals surface area (Å²) in [6.07, 6.45) is 7.54. The van der Waals surface area contributed by atoms with Crippen molar-refractivity contribution in [3.05, 3.63) is 29.3 Å². The summed E-state index contributed by atoms with van der Waals surface area (Å²) in [5.74, 6) is 2.33. The third-order valence-electron chi connectivity index (χ3n) is 5.07. The normalized spacial score (nSPS) is 29.0. The van der Waals surface area contributed by atoms with E-state index >= 15 is 0 Å². The van der Waals surface area contributed by atoms with Crippen molar-refractivity contribution in [2.45, 2.75) is 64.4 Å². The number of hydrogen-bond donors (Lipinski definition) is 1. The maximum absolute atomic E-state index is 11.3. The molecule has 1 fully saturated rings. The van der Waals surface area contributed by atoms with E-state index in [1.165, 1.54) is 18.4 Å². The van der Waals surface area contributed by atoms with Crippen LogP contribution in [0.15, 0.2) is 18.2 Å². The molecule has 1 aliphatic carbocycles. The Morgan fingerprint density at radius 3 is 3.00 bits per heavy atom. The molecule has 1 aliphatic heterocycles. The minimum absolute atomic E-state index is 0.642. The van der Waals surface area contributed by atoms with Crippen LogP contribution in [0.5, 0.6) is 5.75 Å². The molecule has 0 bridgehead atoms. The van der Waals surface area contributed by atoms with Gasteiger partial charge in [0.2, 0.25) is 0 Å². The van der Waals surface area contributed by atoms with Gasteiger partial charge in [-0.15, -0.1) is 0 Å². The van der Waals surface area contributed by atoms with Gasteiger partial charge in [0.05, 0.1) is 12.2 Å². The second kappa shape index (κ2) is 6.00. The summed E-state index contributed by atoms with van der Waals surface area (Å²) in [7, 11) is 0. The van der Waals surface area contributed by atoms with Crippen LogP contribution in [0.3, 0.4) is 0 Å². The van der Waals surface area contributed by atoms with Crippen LogP contribution in [-0.4, -0.2) is 11.7 Å². The highest BCUT2D eigenvalue weighted by molar-refractivity contribution is 5.46. The minimum atomic E-state index is -0.680. The van der Waals surface area contributed by atoms with E-state index in [1.54, 1.807) is 0 Å². The lowest BCUT2D eigenvalue weighted by Gasteiger charge is -2.39. The molecule has 1 aromatic rings. The summed E-state index contributed by atoms with van der Waals surface area (Å²) in [5.41, 5.74) is 1.65. The van der Waals surface area contributed by atoms with Crippen LogP contribution in [0.1, 0.15) is 63.5 Å². The number of para-hydroxylation sites is 1. The number of fused-ring (bicyclic) bond motifs is 1. The number of aliphatic hydroxyl groups is 1. The van der Waals surface area contributed by atoms with Crippen molar-refractivity contribution in [3.63, 3.8) is 0 Å². The van der Waals surface area contributed by atoms with Gasteiger partial charge >= 0.3 is 0 Å². The zero-order valence-corrected chi connectivity index (χ0v) is 13.4. The highest BCUT2D eigenvalue weighted by atomic mass is 16.5. The second-order valence-electron chi connectivity index (χ2n) is 7.37. The number of aryl methyl sites for hydroxylation is 1. The lowest BCUT2D eigenvalue weighted by atomic mass is 9.71. The summed E-state index contributed by atoms with van der Waals surface area (Å²) >= 11 is 0. The van der Waals surface area contributed by atoms with Gasteiger partial charge in [0.15, 0.2) is 0 Å². The molecule has 1 heterocycles. The molecule has 2 nitrogen and oxygen atoms in total. The van der Waals surface area contributed by atoms with E-state index in [2.05, 4.69) is 32.0 Å². The van der Waals surface area contributed by atoms with E-state index in [9.17, 15) is 5.11 Å². The molecule has 21 heavy (non-hydrogen) atoms. The van der Waals surface area contributed by atoms with E-state index in [0.29, 0.717) is 11.8 Å². The van der Waals surface area contributed by atoms with Crippen molar-refractivity contribution >= 4 is 0 Å². The van der Waals surface area contributed by atoms with Gasteiger partial charge in [-0.2, -0.15) is 0 Å². The summed E-state index contributed by atoms with van der Waals surface area (Å²) in [6.45, 7) is 5.35. The molecule has 0 aromatic heterocycles. The van der Waals surface area contributed by atoms with E-state index < -0.39 is 5.60 Å². The Bertz CT molecular complexity index is 494. The number of benzene rings is 1. The Kier molecular flexibility index (Phi) is 4.26. The molecule has 1 saturated carbocycles. The first-order valence-electron chi connectivity index (χ1n) is 8.56. The van der Waals surface area contributed by atoms with Crippen LogP contribution in [0.25, 0.3) is 0 Å². The Hall–Kier alpha value is -1.02. The Balaban J connectivity index is 1.88. The van der Waals surface area contributed by atoms with Crippen LogP contribution in [0.2, 0.25) is 0 Å². The molecule has 2 heteroatoms. The zero-order valence-electron chi connectivity index (χ0n) is 13.4. The predicted molar refractivity (Wildman–Crippen MR) is 85.6 cm³/mol. The van der Waals surface area contributed by atoms with Crippen molar-refractivity contribution in [1.29, 1.82) is 0 Å². The summed E-state index contributed by atoms with van der Waals surface area (Å²) in [6, 6.07) is 6.32. The molecule has 2 atom stereocenters. The molecule has 0 spiro atoms. The maximum atomic E-state index is 11.3. The van der Waals surface area contributed by atoms with Gasteiger partial charge in [0.25, 0.3) is 0 Å². The maximum Gasteiger partial charge on any atom is 0.128 e. The molecule has 2 aliphatic rings. The largest absolute Gasteiger partial charge is 0.493 e. The van der Waals surface area contributed by atoms with Crippen LogP contribution < -0.4 is 4.74 Å². The Morgan fingerprint density at radius 1 is 1.33 bits per heavy atom. The summed E-state index contributed by atoms with van der Waals surface area (Å²) in [4.78, 5) is 0. The molecule has 2 unspecified atom stereocenters. The third kappa shape index (κ3) is 3.11. The predicted octanol–water partition coefficient (Wildman–Crippen LogP) is 4.44. The number of rotatable bonds is 3. The Labute approximate surface area is 128 Å². The van der Waals surface area contributed by atoms with Gasteiger partial charge in [0.1, 0.15) is 5.75 Å². The quantitative estimate of drug-likeness (QED) is 0.891. The lowest BCUT2D eigenvalue weighted by Crippen LogP contribution is -2.34. The fourth-order valence-electron chi connectivity index (χ4n) is 4.23. The molecule has 0 amide bonds. The van der Waals surface area contributed by atoms with E-state index in [1.807, 2.05) is 0 Å². The molecule has 0 radical (unpaired) electrons. The van der Waals surface area contributed by atoms with Crippen molar-refractivity contribution in [2.75, 3.05) is 6.61 Å². The average molecular weight is 288 g/mol. The van der Waals surface area contributed by atoms with Crippen molar-refractivity contribution in [1.82, 2.24) is 0 Å². The highest BCUT2D eigenvalue weighted by Crippen LogP contribution is 2.46. The lowest BCUT2D eigenvalue weighted by molar-refractivity contribution is -0.0267. The Morgan fingerprint density at radius 2 is 2.19 bits per heavy atom. The first kappa shape index (κ1) is 14.9. The first-order valence-corrected chi connectivity index (χ1v) is 8.56. The van der Waals surface area contributed by atoms with E-state index in [-0.39, 0.29) is 0 Å². The fourth-order valence-corrected chi connectivity index (χ4v) is 4.23.